The number of rotatable bonds is 1. The molecule has 3 nitrogen and oxygen atoms in total. The predicted octanol–water partition coefficient (Wildman–Crippen LogP) is 3.55. The van der Waals surface area contributed by atoms with Crippen LogP contribution in [0.3, 0.4) is 0 Å². The molecule has 0 bridgehead atoms. The Bertz CT molecular complexity index is 506. The molecule has 1 aliphatic rings. The van der Waals surface area contributed by atoms with Gasteiger partial charge in [-0.25, -0.2) is 0 Å². The summed E-state index contributed by atoms with van der Waals surface area (Å²) in [4.78, 5) is 11.0. The summed E-state index contributed by atoms with van der Waals surface area (Å²) >= 11 is 3.50. The first-order chi connectivity index (χ1) is 7.88. The van der Waals surface area contributed by atoms with Gasteiger partial charge in [-0.15, -0.1) is 0 Å². The molecular formula is C13H14BrNO2. The summed E-state index contributed by atoms with van der Waals surface area (Å²) in [7, 11) is 0. The monoisotopic (exact) mass is 295 g/mol. The second-order valence-electron chi connectivity index (χ2n) is 4.54. The molecular weight excluding hydrogens is 282 g/mol. The van der Waals surface area contributed by atoms with E-state index in [0.29, 0.717) is 0 Å². The molecule has 2 rings (SSSR count). The lowest BCUT2D eigenvalue weighted by atomic mass is 10.0. The Morgan fingerprint density at radius 1 is 1.41 bits per heavy atom. The van der Waals surface area contributed by atoms with E-state index in [9.17, 15) is 4.79 Å². The first kappa shape index (κ1) is 12.2. The molecule has 0 saturated carbocycles. The largest absolute Gasteiger partial charge is 0.482 e. The van der Waals surface area contributed by atoms with Crippen molar-refractivity contribution in [1.82, 2.24) is 0 Å². The first-order valence-corrected chi connectivity index (χ1v) is 6.16. The number of hydrogen-bond donors (Lipinski definition) is 1. The molecule has 0 radical (unpaired) electrons. The second-order valence-corrected chi connectivity index (χ2v) is 5.39. The summed E-state index contributed by atoms with van der Waals surface area (Å²) in [5.74, 6) is 0.696. The van der Waals surface area contributed by atoms with E-state index in [1.807, 2.05) is 38.1 Å². The summed E-state index contributed by atoms with van der Waals surface area (Å²) in [6, 6.07) is 5.63. The van der Waals surface area contributed by atoms with Gasteiger partial charge < -0.3 is 10.1 Å². The van der Waals surface area contributed by atoms with Crippen molar-refractivity contribution in [1.29, 1.82) is 0 Å². The van der Waals surface area contributed by atoms with E-state index in [1.54, 1.807) is 0 Å². The number of amides is 1. The lowest BCUT2D eigenvalue weighted by Gasteiger charge is -2.31. The molecule has 0 atom stereocenters. The van der Waals surface area contributed by atoms with Crippen molar-refractivity contribution in [3.05, 3.63) is 28.2 Å². The van der Waals surface area contributed by atoms with Crippen molar-refractivity contribution in [2.75, 3.05) is 5.32 Å². The van der Waals surface area contributed by atoms with Gasteiger partial charge in [0.1, 0.15) is 11.4 Å². The predicted molar refractivity (Wildman–Crippen MR) is 72.4 cm³/mol. The van der Waals surface area contributed by atoms with E-state index in [4.69, 9.17) is 4.74 Å². The fourth-order valence-electron chi connectivity index (χ4n) is 1.66. The Morgan fingerprint density at radius 3 is 2.76 bits per heavy atom. The maximum absolute atomic E-state index is 11.0. The van der Waals surface area contributed by atoms with Gasteiger partial charge in [-0.3, -0.25) is 4.79 Å². The Kier molecular flexibility index (Phi) is 3.00. The van der Waals surface area contributed by atoms with Crippen LogP contribution in [0.25, 0.3) is 6.08 Å². The van der Waals surface area contributed by atoms with Crippen LogP contribution in [0.2, 0.25) is 0 Å². The zero-order valence-corrected chi connectivity index (χ0v) is 11.6. The van der Waals surface area contributed by atoms with Gasteiger partial charge in [0, 0.05) is 28.7 Å². The van der Waals surface area contributed by atoms with Crippen molar-refractivity contribution in [3.63, 3.8) is 0 Å². The molecule has 1 heterocycles. The summed E-state index contributed by atoms with van der Waals surface area (Å²) in [6.07, 6.45) is 2.04. The number of carbonyl (C=O) groups excluding carboxylic acids is 1. The van der Waals surface area contributed by atoms with Crippen LogP contribution < -0.4 is 10.1 Å². The fourth-order valence-corrected chi connectivity index (χ4v) is 1.98. The number of carbonyl (C=O) groups is 1. The van der Waals surface area contributed by atoms with Crippen LogP contribution in [0, 0.1) is 0 Å². The maximum Gasteiger partial charge on any atom is 0.221 e. The topological polar surface area (TPSA) is 38.3 Å². The van der Waals surface area contributed by atoms with E-state index in [0.717, 1.165) is 21.5 Å². The summed E-state index contributed by atoms with van der Waals surface area (Å²) in [6.45, 7) is 5.46. The Balaban J connectivity index is 2.39. The van der Waals surface area contributed by atoms with Crippen LogP contribution in [0.1, 0.15) is 26.3 Å². The van der Waals surface area contributed by atoms with Crippen molar-refractivity contribution in [3.8, 4) is 5.75 Å². The smallest absolute Gasteiger partial charge is 0.221 e. The van der Waals surface area contributed by atoms with Crippen LogP contribution in [0.4, 0.5) is 5.69 Å². The molecule has 1 N–H and O–H groups in total. The number of fused-ring (bicyclic) bond motifs is 1. The lowest BCUT2D eigenvalue weighted by molar-refractivity contribution is -0.114. The molecule has 0 fully saturated rings. The molecule has 1 aliphatic heterocycles. The van der Waals surface area contributed by atoms with E-state index in [2.05, 4.69) is 21.2 Å². The molecule has 0 aliphatic carbocycles. The normalized spacial score (nSPS) is 16.6. The quantitative estimate of drug-likeness (QED) is 0.860. The molecule has 1 aromatic carbocycles. The minimum Gasteiger partial charge on any atom is -0.482 e. The first-order valence-electron chi connectivity index (χ1n) is 5.37. The van der Waals surface area contributed by atoms with Gasteiger partial charge in [-0.05, 0) is 32.1 Å². The van der Waals surface area contributed by atoms with Gasteiger partial charge in [0.2, 0.25) is 5.91 Å². The molecule has 0 aromatic heterocycles. The minimum absolute atomic E-state index is 0.0863. The minimum atomic E-state index is -0.373. The van der Waals surface area contributed by atoms with Crippen LogP contribution in [-0.2, 0) is 4.79 Å². The molecule has 0 saturated heterocycles. The molecule has 1 amide bonds. The Hall–Kier alpha value is -1.29. The highest BCUT2D eigenvalue weighted by atomic mass is 79.9. The third kappa shape index (κ3) is 2.52. The third-order valence-electron chi connectivity index (χ3n) is 2.56. The standard InChI is InChI=1S/C13H14BrNO2/c1-8(16)15-10-5-4-9-6-12(14)13(2,3)17-11(9)7-10/h4-7H,1-3H3,(H,15,16). The molecule has 90 valence electrons. The van der Waals surface area contributed by atoms with Crippen LogP contribution in [-0.4, -0.2) is 11.5 Å². The van der Waals surface area contributed by atoms with Gasteiger partial charge in [-0.1, -0.05) is 15.9 Å². The van der Waals surface area contributed by atoms with E-state index in [1.165, 1.54) is 6.92 Å². The SMILES string of the molecule is CC(=O)Nc1ccc2c(c1)OC(C)(C)C(Br)=C2. The molecule has 4 heteroatoms. The number of anilines is 1. The highest BCUT2D eigenvalue weighted by Gasteiger charge is 2.28. The fraction of sp³-hybridized carbons (Fsp3) is 0.308. The summed E-state index contributed by atoms with van der Waals surface area (Å²) in [5.41, 5.74) is 1.38. The van der Waals surface area contributed by atoms with Gasteiger partial charge in [-0.2, -0.15) is 0 Å². The van der Waals surface area contributed by atoms with Crippen LogP contribution in [0.15, 0.2) is 22.7 Å². The highest BCUT2D eigenvalue weighted by Crippen LogP contribution is 2.39. The van der Waals surface area contributed by atoms with E-state index < -0.39 is 0 Å². The molecule has 0 unspecified atom stereocenters. The van der Waals surface area contributed by atoms with Crippen molar-refractivity contribution in [2.45, 2.75) is 26.4 Å². The van der Waals surface area contributed by atoms with Crippen molar-refractivity contribution < 1.29 is 9.53 Å². The van der Waals surface area contributed by atoms with Gasteiger partial charge in [0.25, 0.3) is 0 Å². The van der Waals surface area contributed by atoms with Crippen molar-refractivity contribution >= 4 is 33.6 Å². The van der Waals surface area contributed by atoms with E-state index >= 15 is 0 Å². The second kappa shape index (κ2) is 4.18. The number of halogens is 1. The average Bonchev–Trinajstić information content (AvgIpc) is 2.18. The zero-order chi connectivity index (χ0) is 12.6. The Labute approximate surface area is 109 Å². The zero-order valence-electron chi connectivity index (χ0n) is 10.0. The summed E-state index contributed by atoms with van der Waals surface area (Å²) < 4.78 is 6.89. The van der Waals surface area contributed by atoms with Gasteiger partial charge in [0.05, 0.1) is 0 Å². The molecule has 1 aromatic rings. The number of ether oxygens (including phenoxy) is 1. The van der Waals surface area contributed by atoms with Gasteiger partial charge in [0.15, 0.2) is 0 Å². The third-order valence-corrected chi connectivity index (χ3v) is 3.74. The van der Waals surface area contributed by atoms with Crippen LogP contribution >= 0.6 is 15.9 Å². The van der Waals surface area contributed by atoms with Gasteiger partial charge >= 0.3 is 0 Å². The van der Waals surface area contributed by atoms with Crippen LogP contribution in [0.5, 0.6) is 5.75 Å². The Morgan fingerprint density at radius 2 is 2.12 bits per heavy atom. The lowest BCUT2D eigenvalue weighted by Crippen LogP contribution is -2.30. The summed E-state index contributed by atoms with van der Waals surface area (Å²) in [5, 5.41) is 2.74. The average molecular weight is 296 g/mol. The van der Waals surface area contributed by atoms with E-state index in [-0.39, 0.29) is 11.5 Å². The molecule has 17 heavy (non-hydrogen) atoms. The number of hydrogen-bond acceptors (Lipinski definition) is 2. The number of benzene rings is 1. The maximum atomic E-state index is 11.0. The van der Waals surface area contributed by atoms with Crippen molar-refractivity contribution in [2.24, 2.45) is 0 Å². The highest BCUT2D eigenvalue weighted by molar-refractivity contribution is 9.11. The molecule has 0 spiro atoms. The number of nitrogens with one attached hydrogen (secondary N) is 1.